The van der Waals surface area contributed by atoms with Crippen LogP contribution in [0.3, 0.4) is 0 Å². The first-order chi connectivity index (χ1) is 9.58. The molecule has 1 fully saturated rings. The Balaban J connectivity index is 1.88. The molecule has 2 rings (SSSR count). The molecule has 1 aromatic carbocycles. The summed E-state index contributed by atoms with van der Waals surface area (Å²) in [6, 6.07) is 6.59. The van der Waals surface area contributed by atoms with Crippen LogP contribution in [0, 0.1) is 17.7 Å². The van der Waals surface area contributed by atoms with Gasteiger partial charge in [0.15, 0.2) is 0 Å². The van der Waals surface area contributed by atoms with Gasteiger partial charge in [0.1, 0.15) is 11.6 Å². The van der Waals surface area contributed by atoms with Crippen LogP contribution in [0.4, 0.5) is 4.39 Å². The van der Waals surface area contributed by atoms with Gasteiger partial charge in [0.05, 0.1) is 0 Å². The summed E-state index contributed by atoms with van der Waals surface area (Å²) in [5, 5.41) is 0. The van der Waals surface area contributed by atoms with E-state index in [0.29, 0.717) is 11.7 Å². The van der Waals surface area contributed by atoms with Gasteiger partial charge in [-0.05, 0) is 43.5 Å². The number of halogens is 1. The minimum atomic E-state index is -0.204. The summed E-state index contributed by atoms with van der Waals surface area (Å²) in [6.45, 7) is 3.79. The van der Waals surface area contributed by atoms with Gasteiger partial charge in [0.25, 0.3) is 0 Å². The largest absolute Gasteiger partial charge is 0.301 e. The molecule has 2 nitrogen and oxygen atoms in total. The summed E-state index contributed by atoms with van der Waals surface area (Å²) in [7, 11) is 2.03. The molecular weight excluding hydrogens is 253 g/mol. The molecule has 0 spiro atoms. The maximum atomic E-state index is 12.9. The molecule has 1 aromatic rings. The van der Waals surface area contributed by atoms with Crippen molar-refractivity contribution in [3.8, 4) is 0 Å². The fourth-order valence-electron chi connectivity index (χ4n) is 3.09. The van der Waals surface area contributed by atoms with Crippen molar-refractivity contribution in [1.82, 2.24) is 4.90 Å². The number of Topliss-reactive ketones (excluding diaryl/α,β-unsaturated/α-hetero) is 1. The number of rotatable bonds is 5. The van der Waals surface area contributed by atoms with Crippen LogP contribution >= 0.6 is 0 Å². The molecule has 2 unspecified atom stereocenters. The van der Waals surface area contributed by atoms with Crippen molar-refractivity contribution >= 4 is 5.78 Å². The highest BCUT2D eigenvalue weighted by Crippen LogP contribution is 2.29. The zero-order valence-electron chi connectivity index (χ0n) is 12.4. The number of nitrogens with zero attached hydrogens (tertiary/aromatic N) is 1. The molecule has 0 aromatic heterocycles. The average Bonchev–Trinajstić information content (AvgIpc) is 2.44. The molecule has 110 valence electrons. The summed E-state index contributed by atoms with van der Waals surface area (Å²) in [5.41, 5.74) is 1.09. The normalized spacial score (nSPS) is 23.3. The Bertz CT molecular complexity index is 443. The summed E-state index contributed by atoms with van der Waals surface area (Å²) in [4.78, 5) is 14.2. The number of carbonyl (C=O) groups excluding carboxylic acids is 1. The highest BCUT2D eigenvalue weighted by Gasteiger charge is 2.28. The van der Waals surface area contributed by atoms with Crippen LogP contribution in [-0.4, -0.2) is 24.3 Å². The van der Waals surface area contributed by atoms with Crippen LogP contribution < -0.4 is 0 Å². The highest BCUT2D eigenvalue weighted by molar-refractivity contribution is 5.81. The molecule has 1 aliphatic carbocycles. The maximum absolute atomic E-state index is 12.9. The maximum Gasteiger partial charge on any atom is 0.137 e. The van der Waals surface area contributed by atoms with E-state index in [2.05, 4.69) is 11.8 Å². The Morgan fingerprint density at radius 1 is 1.30 bits per heavy atom. The first-order valence-corrected chi connectivity index (χ1v) is 7.54. The number of hydrogen-bond donors (Lipinski definition) is 0. The third-order valence-corrected chi connectivity index (χ3v) is 4.35. The van der Waals surface area contributed by atoms with Gasteiger partial charge in [0.2, 0.25) is 0 Å². The van der Waals surface area contributed by atoms with Crippen LogP contribution in [0.1, 0.15) is 38.2 Å². The van der Waals surface area contributed by atoms with E-state index in [-0.39, 0.29) is 11.7 Å². The van der Waals surface area contributed by atoms with E-state index in [1.807, 2.05) is 19.2 Å². The molecular formula is C17H24FNO. The fraction of sp³-hybridized carbons (Fsp3) is 0.588. The van der Waals surface area contributed by atoms with Crippen molar-refractivity contribution in [2.45, 2.75) is 39.2 Å². The standard InChI is InChI=1S/C17H24FNO/c1-3-13-6-9-17(20)15(10-13)12-19(2)11-14-4-7-16(18)8-5-14/h4-5,7-8,13,15H,3,6,9-12H2,1-2H3. The quantitative estimate of drug-likeness (QED) is 0.818. The molecule has 2 atom stereocenters. The minimum Gasteiger partial charge on any atom is -0.301 e. The molecule has 1 aliphatic rings. The van der Waals surface area contributed by atoms with E-state index in [1.54, 1.807) is 0 Å². The lowest BCUT2D eigenvalue weighted by molar-refractivity contribution is -0.126. The number of ketones is 1. The van der Waals surface area contributed by atoms with Crippen molar-refractivity contribution in [1.29, 1.82) is 0 Å². The average molecular weight is 277 g/mol. The monoisotopic (exact) mass is 277 g/mol. The van der Waals surface area contributed by atoms with E-state index >= 15 is 0 Å². The predicted molar refractivity (Wildman–Crippen MR) is 78.9 cm³/mol. The van der Waals surface area contributed by atoms with Gasteiger partial charge in [-0.15, -0.1) is 0 Å². The summed E-state index contributed by atoms with van der Waals surface area (Å²) < 4.78 is 12.9. The van der Waals surface area contributed by atoms with Gasteiger partial charge >= 0.3 is 0 Å². The zero-order chi connectivity index (χ0) is 14.5. The minimum absolute atomic E-state index is 0.180. The summed E-state index contributed by atoms with van der Waals surface area (Å²) in [5.74, 6) is 1.10. The van der Waals surface area contributed by atoms with Crippen molar-refractivity contribution in [3.05, 3.63) is 35.6 Å². The second-order valence-electron chi connectivity index (χ2n) is 6.04. The second-order valence-corrected chi connectivity index (χ2v) is 6.04. The molecule has 3 heteroatoms. The van der Waals surface area contributed by atoms with Crippen LogP contribution in [0.5, 0.6) is 0 Å². The van der Waals surface area contributed by atoms with Gasteiger partial charge in [0, 0.05) is 25.4 Å². The van der Waals surface area contributed by atoms with Crippen molar-refractivity contribution in [3.63, 3.8) is 0 Å². The Labute approximate surface area is 121 Å². The predicted octanol–water partition coefficient (Wildman–Crippen LogP) is 3.65. The molecule has 1 saturated carbocycles. The SMILES string of the molecule is CCC1CCC(=O)C(CN(C)Cc2ccc(F)cc2)C1. The van der Waals surface area contributed by atoms with Gasteiger partial charge in [-0.1, -0.05) is 25.5 Å². The van der Waals surface area contributed by atoms with Crippen LogP contribution in [0.25, 0.3) is 0 Å². The van der Waals surface area contributed by atoms with Gasteiger partial charge in [-0.25, -0.2) is 4.39 Å². The number of benzene rings is 1. The topological polar surface area (TPSA) is 20.3 Å². The summed E-state index contributed by atoms with van der Waals surface area (Å²) >= 11 is 0. The van der Waals surface area contributed by atoms with E-state index in [1.165, 1.54) is 18.6 Å². The third kappa shape index (κ3) is 4.14. The zero-order valence-corrected chi connectivity index (χ0v) is 12.4. The van der Waals surface area contributed by atoms with Gasteiger partial charge in [-0.2, -0.15) is 0 Å². The van der Waals surface area contributed by atoms with Gasteiger partial charge < -0.3 is 4.90 Å². The number of hydrogen-bond acceptors (Lipinski definition) is 2. The fourth-order valence-corrected chi connectivity index (χ4v) is 3.09. The van der Waals surface area contributed by atoms with E-state index < -0.39 is 0 Å². The van der Waals surface area contributed by atoms with Crippen LogP contribution in [0.2, 0.25) is 0 Å². The lowest BCUT2D eigenvalue weighted by atomic mass is 9.79. The first kappa shape index (κ1) is 15.2. The van der Waals surface area contributed by atoms with E-state index in [9.17, 15) is 9.18 Å². The molecule has 0 bridgehead atoms. The lowest BCUT2D eigenvalue weighted by Gasteiger charge is -2.30. The Kier molecular flexibility index (Phi) is 5.30. The smallest absolute Gasteiger partial charge is 0.137 e. The molecule has 0 aliphatic heterocycles. The molecule has 0 radical (unpaired) electrons. The van der Waals surface area contributed by atoms with E-state index in [4.69, 9.17) is 0 Å². The highest BCUT2D eigenvalue weighted by atomic mass is 19.1. The molecule has 20 heavy (non-hydrogen) atoms. The molecule has 0 saturated heterocycles. The van der Waals surface area contributed by atoms with Crippen LogP contribution in [0.15, 0.2) is 24.3 Å². The third-order valence-electron chi connectivity index (χ3n) is 4.35. The van der Waals surface area contributed by atoms with Crippen LogP contribution in [-0.2, 0) is 11.3 Å². The molecule has 0 heterocycles. The van der Waals surface area contributed by atoms with Crippen molar-refractivity contribution in [2.24, 2.45) is 11.8 Å². The van der Waals surface area contributed by atoms with Gasteiger partial charge in [-0.3, -0.25) is 4.79 Å². The first-order valence-electron chi connectivity index (χ1n) is 7.54. The molecule has 0 amide bonds. The Morgan fingerprint density at radius 3 is 2.65 bits per heavy atom. The lowest BCUT2D eigenvalue weighted by Crippen LogP contribution is -2.34. The Morgan fingerprint density at radius 2 is 2.00 bits per heavy atom. The van der Waals surface area contributed by atoms with E-state index in [0.717, 1.165) is 37.9 Å². The summed E-state index contributed by atoms with van der Waals surface area (Å²) in [6.07, 6.45) is 4.01. The van der Waals surface area contributed by atoms with Crippen molar-refractivity contribution in [2.75, 3.05) is 13.6 Å². The Hall–Kier alpha value is -1.22. The second kappa shape index (κ2) is 6.98. The number of carbonyl (C=O) groups is 1. The molecule has 0 N–H and O–H groups in total. The van der Waals surface area contributed by atoms with Crippen molar-refractivity contribution < 1.29 is 9.18 Å².